The number of likely N-dealkylation sites (tertiary alicyclic amines) is 1. The third-order valence-corrected chi connectivity index (χ3v) is 2.86. The Morgan fingerprint density at radius 3 is 2.81 bits per heavy atom. The van der Waals surface area contributed by atoms with Crippen molar-refractivity contribution in [1.29, 1.82) is 0 Å². The molecular formula is C13H17NO2. The van der Waals surface area contributed by atoms with Crippen LogP contribution in [0.25, 0.3) is 0 Å². The Hall–Kier alpha value is -1.51. The first kappa shape index (κ1) is 11.0. The number of amides is 1. The Morgan fingerprint density at radius 2 is 2.12 bits per heavy atom. The van der Waals surface area contributed by atoms with Crippen LogP contribution in [0.2, 0.25) is 0 Å². The number of hydrogen-bond donors (Lipinski definition) is 0. The molecule has 0 radical (unpaired) electrons. The van der Waals surface area contributed by atoms with Gasteiger partial charge < -0.3 is 9.64 Å². The Balaban J connectivity index is 1.93. The van der Waals surface area contributed by atoms with Crippen molar-refractivity contribution in [2.75, 3.05) is 13.1 Å². The van der Waals surface area contributed by atoms with E-state index in [0.717, 1.165) is 19.5 Å². The molecule has 0 spiro atoms. The van der Waals surface area contributed by atoms with Gasteiger partial charge in [0.2, 0.25) is 0 Å². The van der Waals surface area contributed by atoms with Gasteiger partial charge >= 0.3 is 6.09 Å². The van der Waals surface area contributed by atoms with E-state index in [1.165, 1.54) is 6.42 Å². The van der Waals surface area contributed by atoms with Crippen LogP contribution in [0.15, 0.2) is 30.3 Å². The van der Waals surface area contributed by atoms with Gasteiger partial charge in [0.05, 0.1) is 0 Å². The molecule has 1 atom stereocenters. The Kier molecular flexibility index (Phi) is 3.44. The second-order valence-electron chi connectivity index (χ2n) is 4.37. The molecule has 0 N–H and O–H groups in total. The molecule has 0 aromatic heterocycles. The maximum atomic E-state index is 11.8. The number of para-hydroxylation sites is 1. The second-order valence-corrected chi connectivity index (χ2v) is 4.37. The molecule has 1 aromatic rings. The lowest BCUT2D eigenvalue weighted by molar-refractivity contribution is 0.129. The maximum Gasteiger partial charge on any atom is 0.415 e. The maximum absolute atomic E-state index is 11.8. The molecule has 16 heavy (non-hydrogen) atoms. The number of piperidine rings is 1. The Morgan fingerprint density at radius 1 is 1.38 bits per heavy atom. The van der Waals surface area contributed by atoms with E-state index in [4.69, 9.17) is 4.74 Å². The molecule has 1 amide bonds. The molecule has 0 saturated carbocycles. The van der Waals surface area contributed by atoms with Crippen molar-refractivity contribution in [2.45, 2.75) is 19.8 Å². The standard InChI is InChI=1S/C13H17NO2/c1-11-6-5-9-14(10-11)13(15)16-12-7-3-2-4-8-12/h2-4,7-8,11H,5-6,9-10H2,1H3/t11-/m1/s1. The summed E-state index contributed by atoms with van der Waals surface area (Å²) in [5, 5.41) is 0. The lowest BCUT2D eigenvalue weighted by atomic mass is 10.0. The van der Waals surface area contributed by atoms with Gasteiger partial charge in [0.15, 0.2) is 0 Å². The quantitative estimate of drug-likeness (QED) is 0.726. The van der Waals surface area contributed by atoms with Crippen LogP contribution in [0.5, 0.6) is 5.75 Å². The van der Waals surface area contributed by atoms with Crippen LogP contribution < -0.4 is 4.74 Å². The zero-order valence-electron chi connectivity index (χ0n) is 9.56. The fourth-order valence-corrected chi connectivity index (χ4v) is 2.01. The average Bonchev–Trinajstić information content (AvgIpc) is 2.30. The molecule has 0 bridgehead atoms. The molecule has 1 heterocycles. The number of ether oxygens (including phenoxy) is 1. The lowest BCUT2D eigenvalue weighted by Crippen LogP contribution is -2.40. The monoisotopic (exact) mass is 219 g/mol. The van der Waals surface area contributed by atoms with Crippen molar-refractivity contribution in [1.82, 2.24) is 4.90 Å². The molecular weight excluding hydrogens is 202 g/mol. The summed E-state index contributed by atoms with van der Waals surface area (Å²) < 4.78 is 5.29. The summed E-state index contributed by atoms with van der Waals surface area (Å²) in [7, 11) is 0. The minimum absolute atomic E-state index is 0.224. The first-order valence-corrected chi connectivity index (χ1v) is 5.77. The van der Waals surface area contributed by atoms with Crippen LogP contribution in [-0.2, 0) is 0 Å². The van der Waals surface area contributed by atoms with Gasteiger partial charge in [0, 0.05) is 13.1 Å². The van der Waals surface area contributed by atoms with Crippen LogP contribution in [0.1, 0.15) is 19.8 Å². The number of rotatable bonds is 1. The molecule has 1 aliphatic rings. The van der Waals surface area contributed by atoms with E-state index >= 15 is 0 Å². The summed E-state index contributed by atoms with van der Waals surface area (Å²) in [5.74, 6) is 1.20. The summed E-state index contributed by atoms with van der Waals surface area (Å²) >= 11 is 0. The number of carbonyl (C=O) groups excluding carboxylic acids is 1. The molecule has 1 saturated heterocycles. The van der Waals surface area contributed by atoms with Crippen molar-refractivity contribution < 1.29 is 9.53 Å². The molecule has 0 aliphatic carbocycles. The molecule has 0 unspecified atom stereocenters. The summed E-state index contributed by atoms with van der Waals surface area (Å²) in [4.78, 5) is 13.6. The number of carbonyl (C=O) groups is 1. The third kappa shape index (κ3) is 2.75. The summed E-state index contributed by atoms with van der Waals surface area (Å²) in [5.41, 5.74) is 0. The first-order valence-electron chi connectivity index (χ1n) is 5.77. The van der Waals surface area contributed by atoms with Crippen LogP contribution in [0.4, 0.5) is 4.79 Å². The van der Waals surface area contributed by atoms with E-state index in [1.807, 2.05) is 18.2 Å². The van der Waals surface area contributed by atoms with Gasteiger partial charge in [0.1, 0.15) is 5.75 Å². The topological polar surface area (TPSA) is 29.5 Å². The van der Waals surface area contributed by atoms with E-state index in [9.17, 15) is 4.79 Å². The predicted octanol–water partition coefficient (Wildman–Crippen LogP) is 2.92. The minimum Gasteiger partial charge on any atom is -0.410 e. The average molecular weight is 219 g/mol. The molecule has 2 rings (SSSR count). The highest BCUT2D eigenvalue weighted by atomic mass is 16.6. The van der Waals surface area contributed by atoms with Crippen LogP contribution in [0.3, 0.4) is 0 Å². The summed E-state index contributed by atoms with van der Waals surface area (Å²) in [6, 6.07) is 9.22. The highest BCUT2D eigenvalue weighted by Gasteiger charge is 2.22. The number of benzene rings is 1. The molecule has 1 aromatic carbocycles. The molecule has 1 aliphatic heterocycles. The Bertz CT molecular complexity index is 350. The van der Waals surface area contributed by atoms with Crippen molar-refractivity contribution in [3.63, 3.8) is 0 Å². The second kappa shape index (κ2) is 5.01. The minimum atomic E-state index is -0.224. The van der Waals surface area contributed by atoms with Gasteiger partial charge in [-0.05, 0) is 30.9 Å². The SMILES string of the molecule is C[C@@H]1CCCN(C(=O)Oc2ccccc2)C1. The highest BCUT2D eigenvalue weighted by molar-refractivity contribution is 5.70. The highest BCUT2D eigenvalue weighted by Crippen LogP contribution is 2.17. The zero-order chi connectivity index (χ0) is 11.4. The van der Waals surface area contributed by atoms with Crippen LogP contribution in [-0.4, -0.2) is 24.1 Å². The van der Waals surface area contributed by atoms with E-state index in [-0.39, 0.29) is 6.09 Å². The van der Waals surface area contributed by atoms with Gasteiger partial charge in [-0.15, -0.1) is 0 Å². The first-order chi connectivity index (χ1) is 7.75. The molecule has 86 valence electrons. The number of hydrogen-bond acceptors (Lipinski definition) is 2. The van der Waals surface area contributed by atoms with E-state index in [1.54, 1.807) is 17.0 Å². The lowest BCUT2D eigenvalue weighted by Gasteiger charge is -2.29. The van der Waals surface area contributed by atoms with Gasteiger partial charge in [-0.2, -0.15) is 0 Å². The zero-order valence-corrected chi connectivity index (χ0v) is 9.56. The van der Waals surface area contributed by atoms with Crippen molar-refractivity contribution in [3.8, 4) is 5.75 Å². The van der Waals surface area contributed by atoms with Gasteiger partial charge in [-0.25, -0.2) is 4.79 Å². The van der Waals surface area contributed by atoms with Crippen molar-refractivity contribution in [3.05, 3.63) is 30.3 Å². The van der Waals surface area contributed by atoms with Crippen LogP contribution >= 0.6 is 0 Å². The number of nitrogens with zero attached hydrogens (tertiary/aromatic N) is 1. The van der Waals surface area contributed by atoms with Gasteiger partial charge in [0.25, 0.3) is 0 Å². The smallest absolute Gasteiger partial charge is 0.410 e. The molecule has 1 fully saturated rings. The van der Waals surface area contributed by atoms with E-state index < -0.39 is 0 Å². The third-order valence-electron chi connectivity index (χ3n) is 2.86. The van der Waals surface area contributed by atoms with Gasteiger partial charge in [-0.1, -0.05) is 25.1 Å². The summed E-state index contributed by atoms with van der Waals surface area (Å²) in [6.07, 6.45) is 2.05. The fourth-order valence-electron chi connectivity index (χ4n) is 2.01. The van der Waals surface area contributed by atoms with E-state index in [0.29, 0.717) is 11.7 Å². The fraction of sp³-hybridized carbons (Fsp3) is 0.462. The van der Waals surface area contributed by atoms with Crippen LogP contribution in [0, 0.1) is 5.92 Å². The van der Waals surface area contributed by atoms with Crippen molar-refractivity contribution in [2.24, 2.45) is 5.92 Å². The normalized spacial score (nSPS) is 20.6. The van der Waals surface area contributed by atoms with Gasteiger partial charge in [-0.3, -0.25) is 0 Å². The predicted molar refractivity (Wildman–Crippen MR) is 62.4 cm³/mol. The molecule has 3 heteroatoms. The van der Waals surface area contributed by atoms with E-state index in [2.05, 4.69) is 6.92 Å². The summed E-state index contributed by atoms with van der Waals surface area (Å²) in [6.45, 7) is 3.80. The Labute approximate surface area is 96.0 Å². The largest absolute Gasteiger partial charge is 0.415 e. The molecule has 3 nitrogen and oxygen atoms in total. The van der Waals surface area contributed by atoms with Crippen molar-refractivity contribution >= 4 is 6.09 Å².